The van der Waals surface area contributed by atoms with Crippen LogP contribution in [0.15, 0.2) is 24.3 Å². The summed E-state index contributed by atoms with van der Waals surface area (Å²) in [5, 5.41) is 3.80. The molecule has 0 aliphatic carbocycles. The fraction of sp³-hybridized carbons (Fsp3) is 0.0833. The molecule has 4 heteroatoms. The highest BCUT2D eigenvalue weighted by Crippen LogP contribution is 2.35. The number of amides is 1. The Bertz CT molecular complexity index is 624. The molecule has 1 heterocycles. The summed E-state index contributed by atoms with van der Waals surface area (Å²) in [4.78, 5) is 11.6. The number of rotatable bonds is 1. The van der Waals surface area contributed by atoms with Crippen LogP contribution in [0, 0.1) is 5.82 Å². The van der Waals surface area contributed by atoms with E-state index in [0.717, 1.165) is 5.56 Å². The van der Waals surface area contributed by atoms with Crippen LogP contribution in [0.1, 0.15) is 15.9 Å². The van der Waals surface area contributed by atoms with Crippen molar-refractivity contribution in [3.05, 3.63) is 41.2 Å². The van der Waals surface area contributed by atoms with Gasteiger partial charge in [-0.2, -0.15) is 0 Å². The average molecular weight is 236 g/mol. The number of carbonyl (C=O) groups excluding carboxylic acids is 1. The van der Waals surface area contributed by atoms with Gasteiger partial charge in [0, 0.05) is 22.3 Å². The van der Waals surface area contributed by atoms with Crippen LogP contribution in [0.2, 0.25) is 0 Å². The van der Waals surface area contributed by atoms with Crippen LogP contribution in [-0.4, -0.2) is 5.91 Å². The molecule has 0 saturated carbocycles. The lowest BCUT2D eigenvalue weighted by molar-refractivity contribution is 0.103. The minimum Gasteiger partial charge on any atom is -0.321 e. The first kappa shape index (κ1) is 9.60. The third-order valence-corrected chi connectivity index (χ3v) is 3.08. The molecule has 0 spiro atoms. The predicted octanol–water partition coefficient (Wildman–Crippen LogP) is 3.28. The Morgan fingerprint density at radius 3 is 2.88 bits per heavy atom. The van der Waals surface area contributed by atoms with Crippen LogP contribution >= 0.6 is 11.6 Å². The summed E-state index contributed by atoms with van der Waals surface area (Å²) in [5.74, 6) is -0.263. The molecule has 0 bridgehead atoms. The van der Waals surface area contributed by atoms with Gasteiger partial charge in [0.05, 0.1) is 5.56 Å². The van der Waals surface area contributed by atoms with E-state index >= 15 is 0 Å². The second-order valence-corrected chi connectivity index (χ2v) is 4.02. The van der Waals surface area contributed by atoms with E-state index in [9.17, 15) is 9.18 Å². The molecule has 0 atom stereocenters. The Morgan fingerprint density at radius 2 is 2.12 bits per heavy atom. The number of nitrogens with one attached hydrogen (secondary N) is 1. The Labute approximate surface area is 96.0 Å². The lowest BCUT2D eigenvalue weighted by Gasteiger charge is -2.03. The van der Waals surface area contributed by atoms with Gasteiger partial charge in [-0.1, -0.05) is 0 Å². The topological polar surface area (TPSA) is 29.1 Å². The maximum Gasteiger partial charge on any atom is 0.256 e. The van der Waals surface area contributed by atoms with Crippen molar-refractivity contribution in [3.8, 4) is 0 Å². The smallest absolute Gasteiger partial charge is 0.256 e. The number of halogens is 2. The van der Waals surface area contributed by atoms with E-state index in [1.807, 2.05) is 0 Å². The molecule has 0 unspecified atom stereocenters. The second kappa shape index (κ2) is 3.19. The number of carbonyl (C=O) groups is 1. The quantitative estimate of drug-likeness (QED) is 0.755. The first-order chi connectivity index (χ1) is 7.70. The standard InChI is InChI=1S/C12H7ClFNO/c13-5-6-3-7-9(14)1-2-10-11(7)8(4-6)12(16)15-10/h1-4H,5H2,(H,15,16). The molecular formula is C12H7ClFNO. The maximum absolute atomic E-state index is 13.6. The van der Waals surface area contributed by atoms with E-state index in [-0.39, 0.29) is 17.6 Å². The SMILES string of the molecule is O=C1Nc2ccc(F)c3cc(CCl)cc1c23. The average Bonchev–Trinajstić information content (AvgIpc) is 2.62. The zero-order chi connectivity index (χ0) is 11.3. The van der Waals surface area contributed by atoms with E-state index in [2.05, 4.69) is 5.32 Å². The lowest BCUT2D eigenvalue weighted by atomic mass is 10.0. The van der Waals surface area contributed by atoms with Crippen molar-refractivity contribution in [1.82, 2.24) is 0 Å². The number of anilines is 1. The number of alkyl halides is 1. The molecule has 80 valence electrons. The number of hydrogen-bond donors (Lipinski definition) is 1. The van der Waals surface area contributed by atoms with Crippen molar-refractivity contribution in [2.75, 3.05) is 5.32 Å². The van der Waals surface area contributed by atoms with Crippen LogP contribution in [0.3, 0.4) is 0 Å². The summed E-state index contributed by atoms with van der Waals surface area (Å²) in [6, 6.07) is 6.32. The van der Waals surface area contributed by atoms with Crippen LogP contribution in [0.5, 0.6) is 0 Å². The molecule has 2 aromatic carbocycles. The first-order valence-electron chi connectivity index (χ1n) is 4.83. The number of hydrogen-bond acceptors (Lipinski definition) is 1. The van der Waals surface area contributed by atoms with Crippen molar-refractivity contribution < 1.29 is 9.18 Å². The highest BCUT2D eigenvalue weighted by molar-refractivity contribution is 6.24. The van der Waals surface area contributed by atoms with Gasteiger partial charge in [0.2, 0.25) is 0 Å². The largest absolute Gasteiger partial charge is 0.321 e. The molecule has 0 saturated heterocycles. The molecule has 3 rings (SSSR count). The Balaban J connectivity index is 2.49. The van der Waals surface area contributed by atoms with Crippen molar-refractivity contribution in [1.29, 1.82) is 0 Å². The summed E-state index contributed by atoms with van der Waals surface area (Å²) < 4.78 is 13.6. The molecule has 1 aliphatic heterocycles. The third-order valence-electron chi connectivity index (χ3n) is 2.77. The van der Waals surface area contributed by atoms with Gasteiger partial charge in [0.25, 0.3) is 5.91 Å². The van der Waals surface area contributed by atoms with Gasteiger partial charge in [-0.15, -0.1) is 11.6 Å². The molecule has 16 heavy (non-hydrogen) atoms. The Morgan fingerprint density at radius 1 is 1.31 bits per heavy atom. The minimum atomic E-state index is -0.330. The summed E-state index contributed by atoms with van der Waals surface area (Å²) in [7, 11) is 0. The van der Waals surface area contributed by atoms with Gasteiger partial charge >= 0.3 is 0 Å². The zero-order valence-corrected chi connectivity index (χ0v) is 8.94. The van der Waals surface area contributed by atoms with Crippen LogP contribution in [0.25, 0.3) is 10.8 Å². The van der Waals surface area contributed by atoms with Gasteiger partial charge in [0.15, 0.2) is 0 Å². The molecule has 2 nitrogen and oxygen atoms in total. The van der Waals surface area contributed by atoms with E-state index < -0.39 is 0 Å². The van der Waals surface area contributed by atoms with Gasteiger partial charge < -0.3 is 5.32 Å². The van der Waals surface area contributed by atoms with Crippen LogP contribution in [0.4, 0.5) is 10.1 Å². The first-order valence-corrected chi connectivity index (χ1v) is 5.36. The molecule has 1 aliphatic rings. The van der Waals surface area contributed by atoms with E-state index in [4.69, 9.17) is 11.6 Å². The van der Waals surface area contributed by atoms with Crippen LogP contribution < -0.4 is 5.32 Å². The zero-order valence-electron chi connectivity index (χ0n) is 8.18. The fourth-order valence-electron chi connectivity index (χ4n) is 2.06. The van der Waals surface area contributed by atoms with Gasteiger partial charge in [-0.3, -0.25) is 4.79 Å². The van der Waals surface area contributed by atoms with Crippen LogP contribution in [-0.2, 0) is 5.88 Å². The van der Waals surface area contributed by atoms with E-state index in [1.165, 1.54) is 6.07 Å². The fourth-order valence-corrected chi connectivity index (χ4v) is 2.21. The van der Waals surface area contributed by atoms with E-state index in [1.54, 1.807) is 18.2 Å². The summed E-state index contributed by atoms with van der Waals surface area (Å²) in [6.45, 7) is 0. The predicted molar refractivity (Wildman–Crippen MR) is 61.4 cm³/mol. The Kier molecular flexibility index (Phi) is 1.91. The molecule has 0 aromatic heterocycles. The Hall–Kier alpha value is -1.61. The summed E-state index contributed by atoms with van der Waals surface area (Å²) in [6.07, 6.45) is 0. The summed E-state index contributed by atoms with van der Waals surface area (Å²) >= 11 is 5.72. The van der Waals surface area contributed by atoms with Crippen molar-refractivity contribution in [2.24, 2.45) is 0 Å². The van der Waals surface area contributed by atoms with Crippen molar-refractivity contribution in [2.45, 2.75) is 5.88 Å². The molecule has 0 fully saturated rings. The van der Waals surface area contributed by atoms with Gasteiger partial charge in [-0.05, 0) is 29.8 Å². The second-order valence-electron chi connectivity index (χ2n) is 3.75. The third kappa shape index (κ3) is 1.15. The molecule has 2 aromatic rings. The van der Waals surface area contributed by atoms with Crippen molar-refractivity contribution >= 4 is 34.0 Å². The monoisotopic (exact) mass is 235 g/mol. The lowest BCUT2D eigenvalue weighted by Crippen LogP contribution is -2.04. The van der Waals surface area contributed by atoms with Crippen molar-refractivity contribution in [3.63, 3.8) is 0 Å². The minimum absolute atomic E-state index is 0.197. The maximum atomic E-state index is 13.6. The highest BCUT2D eigenvalue weighted by atomic mass is 35.5. The summed E-state index contributed by atoms with van der Waals surface area (Å²) in [5.41, 5.74) is 1.91. The molecular weight excluding hydrogens is 229 g/mol. The molecule has 1 amide bonds. The van der Waals surface area contributed by atoms with Gasteiger partial charge in [0.1, 0.15) is 5.82 Å². The normalized spacial score (nSPS) is 13.2. The molecule has 0 radical (unpaired) electrons. The highest BCUT2D eigenvalue weighted by Gasteiger charge is 2.23. The molecule has 1 N–H and O–H groups in total. The van der Waals surface area contributed by atoms with E-state index in [0.29, 0.717) is 22.0 Å². The number of benzene rings is 2. The van der Waals surface area contributed by atoms with Gasteiger partial charge in [-0.25, -0.2) is 4.39 Å².